The van der Waals surface area contributed by atoms with Crippen molar-refractivity contribution in [1.82, 2.24) is 10.6 Å². The summed E-state index contributed by atoms with van der Waals surface area (Å²) >= 11 is 1.66. The Bertz CT molecular complexity index is 339. The lowest BCUT2D eigenvalue weighted by atomic mass is 10.1. The fraction of sp³-hybridized carbons (Fsp3) is 0.545. The Hall–Kier alpha value is -1.03. The molecule has 1 rings (SSSR count). The molecule has 1 aromatic heterocycles. The zero-order chi connectivity index (χ0) is 11.5. The second-order valence-corrected chi connectivity index (χ2v) is 5.38. The molecule has 0 aliphatic carbocycles. The number of amides is 2. The first kappa shape index (κ1) is 12.0. The molecule has 0 aliphatic heterocycles. The molecule has 0 spiro atoms. The molecule has 0 atom stereocenters. The number of carbonyl (C=O) groups is 1. The minimum absolute atomic E-state index is 0.117. The van der Waals surface area contributed by atoms with Crippen LogP contribution in [0, 0.1) is 6.92 Å². The van der Waals surface area contributed by atoms with Crippen molar-refractivity contribution in [3.8, 4) is 0 Å². The molecule has 1 aromatic rings. The molecule has 0 bridgehead atoms. The Morgan fingerprint density at radius 1 is 1.40 bits per heavy atom. The molecule has 15 heavy (non-hydrogen) atoms. The second-order valence-electron chi connectivity index (χ2n) is 4.64. The van der Waals surface area contributed by atoms with E-state index in [1.165, 1.54) is 11.1 Å². The predicted octanol–water partition coefficient (Wildman–Crippen LogP) is 2.65. The Morgan fingerprint density at radius 2 is 2.07 bits per heavy atom. The van der Waals surface area contributed by atoms with Crippen LogP contribution in [0.1, 0.15) is 31.9 Å². The second kappa shape index (κ2) is 4.66. The molecule has 2 amide bonds. The summed E-state index contributed by atoms with van der Waals surface area (Å²) in [6.07, 6.45) is 0. The summed E-state index contributed by atoms with van der Waals surface area (Å²) in [7, 11) is 0. The van der Waals surface area contributed by atoms with Crippen molar-refractivity contribution in [2.24, 2.45) is 0 Å². The van der Waals surface area contributed by atoms with Crippen LogP contribution in [-0.4, -0.2) is 11.6 Å². The van der Waals surface area contributed by atoms with E-state index >= 15 is 0 Å². The molecule has 0 radical (unpaired) electrons. The van der Waals surface area contributed by atoms with Crippen molar-refractivity contribution in [2.45, 2.75) is 39.8 Å². The van der Waals surface area contributed by atoms with Crippen LogP contribution >= 0.6 is 11.3 Å². The van der Waals surface area contributed by atoms with Crippen molar-refractivity contribution >= 4 is 17.4 Å². The molecule has 0 aliphatic rings. The van der Waals surface area contributed by atoms with Crippen LogP contribution in [0.3, 0.4) is 0 Å². The van der Waals surface area contributed by atoms with Crippen molar-refractivity contribution < 1.29 is 4.79 Å². The number of hydrogen-bond donors (Lipinski definition) is 2. The topological polar surface area (TPSA) is 41.1 Å². The summed E-state index contributed by atoms with van der Waals surface area (Å²) in [5.41, 5.74) is 2.23. The van der Waals surface area contributed by atoms with Gasteiger partial charge in [-0.3, -0.25) is 0 Å². The monoisotopic (exact) mass is 226 g/mol. The van der Waals surface area contributed by atoms with Gasteiger partial charge in [-0.15, -0.1) is 0 Å². The summed E-state index contributed by atoms with van der Waals surface area (Å²) in [5.74, 6) is 0. The number of carbonyl (C=O) groups excluding carboxylic acids is 1. The number of rotatable bonds is 2. The molecule has 2 N–H and O–H groups in total. The molecular formula is C11H18N2OS. The van der Waals surface area contributed by atoms with E-state index in [1.54, 1.807) is 11.3 Å². The lowest BCUT2D eigenvalue weighted by Gasteiger charge is -2.20. The van der Waals surface area contributed by atoms with Crippen LogP contribution < -0.4 is 10.6 Å². The Labute approximate surface area is 94.9 Å². The SMILES string of the molecule is Cc1cscc1CNC(=O)NC(C)(C)C. The highest BCUT2D eigenvalue weighted by molar-refractivity contribution is 7.08. The van der Waals surface area contributed by atoms with E-state index in [-0.39, 0.29) is 11.6 Å². The maximum absolute atomic E-state index is 11.4. The molecule has 4 heteroatoms. The molecule has 0 saturated heterocycles. The molecule has 0 fully saturated rings. The van der Waals surface area contributed by atoms with Gasteiger partial charge in [-0.25, -0.2) is 4.79 Å². The average Bonchev–Trinajstić information content (AvgIpc) is 2.44. The molecule has 3 nitrogen and oxygen atoms in total. The Morgan fingerprint density at radius 3 is 2.53 bits per heavy atom. The van der Waals surface area contributed by atoms with Gasteiger partial charge in [0.1, 0.15) is 0 Å². The molecule has 84 valence electrons. The van der Waals surface area contributed by atoms with Gasteiger partial charge in [0, 0.05) is 12.1 Å². The highest BCUT2D eigenvalue weighted by Crippen LogP contribution is 2.12. The molecule has 1 heterocycles. The average molecular weight is 226 g/mol. The highest BCUT2D eigenvalue weighted by atomic mass is 32.1. The summed E-state index contributed by atoms with van der Waals surface area (Å²) in [6.45, 7) is 8.53. The Kier molecular flexibility index (Phi) is 3.74. The molecule has 0 saturated carbocycles. The first-order valence-electron chi connectivity index (χ1n) is 4.96. The maximum atomic E-state index is 11.4. The van der Waals surface area contributed by atoms with E-state index in [9.17, 15) is 4.79 Å². The minimum atomic E-state index is -0.187. The largest absolute Gasteiger partial charge is 0.334 e. The number of urea groups is 1. The van der Waals surface area contributed by atoms with Gasteiger partial charge in [-0.05, 0) is 49.6 Å². The van der Waals surface area contributed by atoms with Gasteiger partial charge in [0.2, 0.25) is 0 Å². The van der Waals surface area contributed by atoms with Gasteiger partial charge >= 0.3 is 6.03 Å². The van der Waals surface area contributed by atoms with Gasteiger partial charge in [0.05, 0.1) is 0 Å². The molecular weight excluding hydrogens is 208 g/mol. The normalized spacial score (nSPS) is 11.2. The number of aryl methyl sites for hydroxylation is 1. The van der Waals surface area contributed by atoms with Gasteiger partial charge in [-0.1, -0.05) is 0 Å². The van der Waals surface area contributed by atoms with Crippen LogP contribution in [0.15, 0.2) is 10.8 Å². The minimum Gasteiger partial charge on any atom is -0.334 e. The van der Waals surface area contributed by atoms with Crippen molar-refractivity contribution in [3.05, 3.63) is 21.9 Å². The third-order valence-electron chi connectivity index (χ3n) is 1.89. The van der Waals surface area contributed by atoms with Crippen molar-refractivity contribution in [1.29, 1.82) is 0 Å². The van der Waals surface area contributed by atoms with Crippen LogP contribution in [0.5, 0.6) is 0 Å². The summed E-state index contributed by atoms with van der Waals surface area (Å²) < 4.78 is 0. The fourth-order valence-electron chi connectivity index (χ4n) is 1.13. The standard InChI is InChI=1S/C11H18N2OS/c1-8-6-15-7-9(8)5-12-10(14)13-11(2,3)4/h6-7H,5H2,1-4H3,(H2,12,13,14). The summed E-state index contributed by atoms with van der Waals surface area (Å²) in [6, 6.07) is -0.117. The first-order chi connectivity index (χ1) is 6.88. The lowest BCUT2D eigenvalue weighted by Crippen LogP contribution is -2.46. The highest BCUT2D eigenvalue weighted by Gasteiger charge is 2.13. The third-order valence-corrected chi connectivity index (χ3v) is 2.80. The lowest BCUT2D eigenvalue weighted by molar-refractivity contribution is 0.231. The van der Waals surface area contributed by atoms with Crippen molar-refractivity contribution in [3.63, 3.8) is 0 Å². The van der Waals surface area contributed by atoms with Crippen molar-refractivity contribution in [2.75, 3.05) is 0 Å². The number of thiophene rings is 1. The zero-order valence-electron chi connectivity index (χ0n) is 9.68. The van der Waals surface area contributed by atoms with E-state index in [2.05, 4.69) is 28.3 Å². The van der Waals surface area contributed by atoms with E-state index < -0.39 is 0 Å². The molecule has 0 aromatic carbocycles. The predicted molar refractivity (Wildman–Crippen MR) is 64.2 cm³/mol. The van der Waals surface area contributed by atoms with Gasteiger partial charge < -0.3 is 10.6 Å². The van der Waals surface area contributed by atoms with Crippen LogP contribution in [0.2, 0.25) is 0 Å². The quantitative estimate of drug-likeness (QED) is 0.799. The number of hydrogen-bond acceptors (Lipinski definition) is 2. The summed E-state index contributed by atoms with van der Waals surface area (Å²) in [4.78, 5) is 11.4. The zero-order valence-corrected chi connectivity index (χ0v) is 10.5. The number of nitrogens with one attached hydrogen (secondary N) is 2. The van der Waals surface area contributed by atoms with Gasteiger partial charge in [0.15, 0.2) is 0 Å². The van der Waals surface area contributed by atoms with Crippen LogP contribution in [-0.2, 0) is 6.54 Å². The van der Waals surface area contributed by atoms with E-state index in [1.807, 2.05) is 20.8 Å². The molecule has 0 unspecified atom stereocenters. The van der Waals surface area contributed by atoms with Gasteiger partial charge in [0.25, 0.3) is 0 Å². The summed E-state index contributed by atoms with van der Waals surface area (Å²) in [5, 5.41) is 9.84. The smallest absolute Gasteiger partial charge is 0.315 e. The van der Waals surface area contributed by atoms with E-state index in [0.717, 1.165) is 0 Å². The van der Waals surface area contributed by atoms with Gasteiger partial charge in [-0.2, -0.15) is 11.3 Å². The Balaban J connectivity index is 2.38. The van der Waals surface area contributed by atoms with Crippen LogP contribution in [0.25, 0.3) is 0 Å². The third kappa shape index (κ3) is 4.34. The van der Waals surface area contributed by atoms with E-state index in [4.69, 9.17) is 0 Å². The van der Waals surface area contributed by atoms with E-state index in [0.29, 0.717) is 6.54 Å². The fourth-order valence-corrected chi connectivity index (χ4v) is 1.99. The first-order valence-corrected chi connectivity index (χ1v) is 5.90. The maximum Gasteiger partial charge on any atom is 0.315 e. The van der Waals surface area contributed by atoms with Crippen LogP contribution in [0.4, 0.5) is 4.79 Å².